The number of hydrogen-bond donors (Lipinski definition) is 1. The number of thioether (sulfide) groups is 1. The summed E-state index contributed by atoms with van der Waals surface area (Å²) in [4.78, 5) is 30.7. The van der Waals surface area contributed by atoms with Gasteiger partial charge in [0.1, 0.15) is 5.03 Å². The molecule has 2 aromatic heterocycles. The van der Waals surface area contributed by atoms with Crippen LogP contribution in [0.2, 0.25) is 0 Å². The van der Waals surface area contributed by atoms with Gasteiger partial charge in [0.15, 0.2) is 5.78 Å². The van der Waals surface area contributed by atoms with E-state index in [0.717, 1.165) is 22.1 Å². The summed E-state index contributed by atoms with van der Waals surface area (Å²) in [7, 11) is 0. The first-order valence-electron chi connectivity index (χ1n) is 8.28. The number of amides is 1. The maximum Gasteiger partial charge on any atom is 0.258 e. The highest BCUT2D eigenvalue weighted by Crippen LogP contribution is 2.36. The van der Waals surface area contributed by atoms with E-state index in [1.54, 1.807) is 30.1 Å². The molecule has 0 unspecified atom stereocenters. The molecule has 0 fully saturated rings. The van der Waals surface area contributed by atoms with Gasteiger partial charge in [-0.3, -0.25) is 9.59 Å². The van der Waals surface area contributed by atoms with Crippen molar-refractivity contribution in [1.82, 2.24) is 4.98 Å². The van der Waals surface area contributed by atoms with Crippen molar-refractivity contribution in [3.8, 4) is 0 Å². The molecule has 0 spiro atoms. The van der Waals surface area contributed by atoms with Crippen molar-refractivity contribution >= 4 is 40.5 Å². The molecule has 25 heavy (non-hydrogen) atoms. The van der Waals surface area contributed by atoms with Crippen LogP contribution in [-0.2, 0) is 5.41 Å². The SMILES string of the molecule is CCCSc1ncccc1C(=O)Nc1cc(C(C)(C)C)sc1C(C)=O. The molecule has 6 heteroatoms. The number of ketones is 1. The Labute approximate surface area is 157 Å². The molecule has 2 aromatic rings. The summed E-state index contributed by atoms with van der Waals surface area (Å²) < 4.78 is 0. The first-order valence-corrected chi connectivity index (χ1v) is 10.1. The number of pyridine rings is 1. The van der Waals surface area contributed by atoms with Crippen LogP contribution in [0.3, 0.4) is 0 Å². The molecule has 1 N–H and O–H groups in total. The third-order valence-electron chi connectivity index (χ3n) is 3.50. The fourth-order valence-electron chi connectivity index (χ4n) is 2.18. The van der Waals surface area contributed by atoms with E-state index in [1.165, 1.54) is 18.3 Å². The highest BCUT2D eigenvalue weighted by Gasteiger charge is 2.23. The van der Waals surface area contributed by atoms with E-state index >= 15 is 0 Å². The van der Waals surface area contributed by atoms with Crippen molar-refractivity contribution in [2.45, 2.75) is 51.5 Å². The first kappa shape index (κ1) is 19.7. The summed E-state index contributed by atoms with van der Waals surface area (Å²) >= 11 is 3.01. The molecule has 0 aliphatic heterocycles. The minimum absolute atomic E-state index is 0.0393. The molecule has 1 amide bonds. The van der Waals surface area contributed by atoms with Gasteiger partial charge in [-0.1, -0.05) is 27.7 Å². The van der Waals surface area contributed by atoms with Crippen molar-refractivity contribution in [2.24, 2.45) is 0 Å². The number of rotatable bonds is 6. The Morgan fingerprint density at radius 3 is 2.64 bits per heavy atom. The number of carbonyl (C=O) groups excluding carboxylic acids is 2. The van der Waals surface area contributed by atoms with Crippen molar-refractivity contribution in [2.75, 3.05) is 11.1 Å². The number of anilines is 1. The van der Waals surface area contributed by atoms with Crippen LogP contribution in [0.5, 0.6) is 0 Å². The van der Waals surface area contributed by atoms with E-state index in [0.29, 0.717) is 16.1 Å². The van der Waals surface area contributed by atoms with Crippen molar-refractivity contribution in [3.63, 3.8) is 0 Å². The average Bonchev–Trinajstić information content (AvgIpc) is 2.97. The van der Waals surface area contributed by atoms with Gasteiger partial charge in [0, 0.05) is 18.0 Å². The van der Waals surface area contributed by atoms with Crippen molar-refractivity contribution in [3.05, 3.63) is 39.7 Å². The first-order chi connectivity index (χ1) is 11.7. The Morgan fingerprint density at radius 1 is 1.32 bits per heavy atom. The Hall–Kier alpha value is -1.66. The highest BCUT2D eigenvalue weighted by atomic mass is 32.2. The Kier molecular flexibility index (Phi) is 6.41. The molecule has 2 heterocycles. The van der Waals surface area contributed by atoms with Crippen LogP contribution in [0.15, 0.2) is 29.4 Å². The van der Waals surface area contributed by atoms with Crippen LogP contribution in [0, 0.1) is 0 Å². The van der Waals surface area contributed by atoms with Gasteiger partial charge in [0.25, 0.3) is 5.91 Å². The van der Waals surface area contributed by atoms with Gasteiger partial charge in [0.2, 0.25) is 0 Å². The zero-order chi connectivity index (χ0) is 18.6. The van der Waals surface area contributed by atoms with E-state index in [1.807, 2.05) is 6.07 Å². The smallest absolute Gasteiger partial charge is 0.258 e. The monoisotopic (exact) mass is 376 g/mol. The van der Waals surface area contributed by atoms with Gasteiger partial charge in [-0.2, -0.15) is 0 Å². The second-order valence-electron chi connectivity index (χ2n) is 6.82. The number of Topliss-reactive ketones (excluding diaryl/α,β-unsaturated/α-hetero) is 1. The zero-order valence-electron chi connectivity index (χ0n) is 15.3. The fraction of sp³-hybridized carbons (Fsp3) is 0.421. The summed E-state index contributed by atoms with van der Waals surface area (Å²) in [5, 5.41) is 3.63. The molecular weight excluding hydrogens is 352 g/mol. The highest BCUT2D eigenvalue weighted by molar-refractivity contribution is 7.99. The molecule has 134 valence electrons. The Bertz CT molecular complexity index is 776. The number of thiophene rings is 1. The molecule has 0 saturated heterocycles. The topological polar surface area (TPSA) is 59.1 Å². The Morgan fingerprint density at radius 2 is 2.04 bits per heavy atom. The van der Waals surface area contributed by atoms with Crippen molar-refractivity contribution in [1.29, 1.82) is 0 Å². The van der Waals surface area contributed by atoms with Gasteiger partial charge >= 0.3 is 0 Å². The lowest BCUT2D eigenvalue weighted by Gasteiger charge is -2.15. The largest absolute Gasteiger partial charge is 0.320 e. The molecule has 0 bridgehead atoms. The summed E-state index contributed by atoms with van der Waals surface area (Å²) in [6, 6.07) is 5.43. The van der Waals surface area contributed by atoms with Gasteiger partial charge < -0.3 is 5.32 Å². The number of carbonyl (C=O) groups is 2. The lowest BCUT2D eigenvalue weighted by Crippen LogP contribution is -2.15. The molecule has 2 rings (SSSR count). The normalized spacial score (nSPS) is 11.4. The molecule has 0 aliphatic carbocycles. The molecule has 0 aliphatic rings. The lowest BCUT2D eigenvalue weighted by molar-refractivity contribution is 0.102. The number of hydrogen-bond acceptors (Lipinski definition) is 5. The summed E-state index contributed by atoms with van der Waals surface area (Å²) in [6.07, 6.45) is 2.70. The summed E-state index contributed by atoms with van der Waals surface area (Å²) in [5.74, 6) is 0.637. The molecule has 0 saturated carbocycles. The predicted octanol–water partition coefficient (Wildman–Crippen LogP) is 5.40. The number of nitrogens with one attached hydrogen (secondary N) is 1. The third-order valence-corrected chi connectivity index (χ3v) is 6.37. The van der Waals surface area contributed by atoms with Crippen molar-refractivity contribution < 1.29 is 9.59 Å². The van der Waals surface area contributed by atoms with Gasteiger partial charge in [0.05, 0.1) is 16.1 Å². The predicted molar refractivity (Wildman–Crippen MR) is 106 cm³/mol. The second kappa shape index (κ2) is 8.15. The van der Waals surface area contributed by atoms with E-state index in [2.05, 4.69) is 38.0 Å². The van der Waals surface area contributed by atoms with E-state index in [4.69, 9.17) is 0 Å². The summed E-state index contributed by atoms with van der Waals surface area (Å²) in [5.41, 5.74) is 1.05. The molecule has 0 radical (unpaired) electrons. The van der Waals surface area contributed by atoms with Crippen LogP contribution in [0.1, 0.15) is 65.9 Å². The van der Waals surface area contributed by atoms with Crippen LogP contribution >= 0.6 is 23.1 Å². The maximum absolute atomic E-state index is 12.8. The third kappa shape index (κ3) is 4.92. The van der Waals surface area contributed by atoms with E-state index < -0.39 is 0 Å². The van der Waals surface area contributed by atoms with Crippen LogP contribution < -0.4 is 5.32 Å². The standard InChI is InChI=1S/C19H24N2O2S2/c1-6-10-24-18-13(8-7-9-20-18)17(23)21-14-11-15(19(3,4)5)25-16(14)12(2)22/h7-9,11H,6,10H2,1-5H3,(H,21,23). The maximum atomic E-state index is 12.8. The van der Waals surface area contributed by atoms with Gasteiger partial charge in [-0.15, -0.1) is 23.1 Å². The molecular formula is C19H24N2O2S2. The minimum Gasteiger partial charge on any atom is -0.320 e. The number of aromatic nitrogens is 1. The average molecular weight is 377 g/mol. The van der Waals surface area contributed by atoms with Crippen LogP contribution in [0.25, 0.3) is 0 Å². The Balaban J connectivity index is 2.32. The van der Waals surface area contributed by atoms with Gasteiger partial charge in [-0.05, 0) is 35.8 Å². The lowest BCUT2D eigenvalue weighted by atomic mass is 9.94. The quantitative estimate of drug-likeness (QED) is 0.542. The molecule has 4 nitrogen and oxygen atoms in total. The van der Waals surface area contributed by atoms with Gasteiger partial charge in [-0.25, -0.2) is 4.98 Å². The van der Waals surface area contributed by atoms with E-state index in [-0.39, 0.29) is 17.1 Å². The van der Waals surface area contributed by atoms with E-state index in [9.17, 15) is 9.59 Å². The molecule has 0 atom stereocenters. The minimum atomic E-state index is -0.229. The van der Waals surface area contributed by atoms with Crippen LogP contribution in [-0.4, -0.2) is 22.4 Å². The second-order valence-corrected chi connectivity index (χ2v) is 8.95. The zero-order valence-corrected chi connectivity index (χ0v) is 16.9. The summed E-state index contributed by atoms with van der Waals surface area (Å²) in [6.45, 7) is 9.90. The fourth-order valence-corrected chi connectivity index (χ4v) is 4.10. The number of nitrogens with zero attached hydrogens (tertiary/aromatic N) is 1. The van der Waals surface area contributed by atoms with Crippen LogP contribution in [0.4, 0.5) is 5.69 Å². The molecule has 0 aromatic carbocycles.